The fourth-order valence-corrected chi connectivity index (χ4v) is 2.44. The van der Waals surface area contributed by atoms with E-state index in [4.69, 9.17) is 5.73 Å². The Bertz CT molecular complexity index is 511. The van der Waals surface area contributed by atoms with E-state index in [1.54, 1.807) is 6.07 Å². The molecule has 0 aliphatic rings. The van der Waals surface area contributed by atoms with Gasteiger partial charge in [0, 0.05) is 18.5 Å². The second kappa shape index (κ2) is 5.36. The molecule has 98 valence electrons. The SMILES string of the molecule is CC(C)CC(CN)c1nc2cc(Br)c(F)cc2[nH]1. The van der Waals surface area contributed by atoms with Crippen molar-refractivity contribution < 1.29 is 4.39 Å². The number of aromatic amines is 1. The van der Waals surface area contributed by atoms with E-state index in [-0.39, 0.29) is 11.7 Å². The number of benzene rings is 1. The molecular weight excluding hydrogens is 297 g/mol. The molecule has 0 saturated heterocycles. The number of hydrogen-bond donors (Lipinski definition) is 2. The predicted molar refractivity (Wildman–Crippen MR) is 75.0 cm³/mol. The van der Waals surface area contributed by atoms with Crippen molar-refractivity contribution in [3.63, 3.8) is 0 Å². The maximum atomic E-state index is 13.4. The Labute approximate surface area is 114 Å². The summed E-state index contributed by atoms with van der Waals surface area (Å²) < 4.78 is 13.9. The minimum atomic E-state index is -0.286. The molecule has 2 aromatic rings. The lowest BCUT2D eigenvalue weighted by atomic mass is 9.97. The third-order valence-electron chi connectivity index (χ3n) is 2.97. The topological polar surface area (TPSA) is 54.7 Å². The van der Waals surface area contributed by atoms with E-state index in [0.29, 0.717) is 22.5 Å². The zero-order chi connectivity index (χ0) is 13.3. The van der Waals surface area contributed by atoms with Crippen LogP contribution in [0.5, 0.6) is 0 Å². The number of nitrogens with one attached hydrogen (secondary N) is 1. The summed E-state index contributed by atoms with van der Waals surface area (Å²) in [6.07, 6.45) is 0.972. The number of hydrogen-bond acceptors (Lipinski definition) is 2. The van der Waals surface area contributed by atoms with Crippen LogP contribution in [0.2, 0.25) is 0 Å². The number of imidazole rings is 1. The van der Waals surface area contributed by atoms with Crippen molar-refractivity contribution in [1.82, 2.24) is 9.97 Å². The summed E-state index contributed by atoms with van der Waals surface area (Å²) in [5.74, 6) is 1.30. The third kappa shape index (κ3) is 2.72. The summed E-state index contributed by atoms with van der Waals surface area (Å²) in [5, 5.41) is 0. The molecule has 1 unspecified atom stereocenters. The average molecular weight is 314 g/mol. The van der Waals surface area contributed by atoms with Crippen molar-refractivity contribution >= 4 is 27.0 Å². The van der Waals surface area contributed by atoms with Gasteiger partial charge in [-0.25, -0.2) is 9.37 Å². The van der Waals surface area contributed by atoms with Crippen molar-refractivity contribution in [2.24, 2.45) is 11.7 Å². The van der Waals surface area contributed by atoms with E-state index >= 15 is 0 Å². The Hall–Kier alpha value is -0.940. The van der Waals surface area contributed by atoms with Gasteiger partial charge in [-0.3, -0.25) is 0 Å². The highest BCUT2D eigenvalue weighted by atomic mass is 79.9. The summed E-state index contributed by atoms with van der Waals surface area (Å²) in [4.78, 5) is 7.67. The zero-order valence-electron chi connectivity index (χ0n) is 10.5. The number of nitrogens with zero attached hydrogens (tertiary/aromatic N) is 1. The number of rotatable bonds is 4. The monoisotopic (exact) mass is 313 g/mol. The lowest BCUT2D eigenvalue weighted by Crippen LogP contribution is -2.15. The highest BCUT2D eigenvalue weighted by Crippen LogP contribution is 2.26. The number of aromatic nitrogens is 2. The quantitative estimate of drug-likeness (QED) is 0.907. The molecule has 0 bridgehead atoms. The van der Waals surface area contributed by atoms with Gasteiger partial charge in [0.05, 0.1) is 15.5 Å². The van der Waals surface area contributed by atoms with Crippen LogP contribution in [0.25, 0.3) is 11.0 Å². The van der Waals surface area contributed by atoms with Gasteiger partial charge < -0.3 is 10.7 Å². The molecule has 0 aliphatic carbocycles. The molecule has 1 heterocycles. The number of halogens is 2. The molecule has 0 aliphatic heterocycles. The second-order valence-corrected chi connectivity index (χ2v) is 5.82. The number of nitrogens with two attached hydrogens (primary N) is 1. The maximum Gasteiger partial charge on any atom is 0.139 e. The molecular formula is C13H17BrFN3. The molecule has 3 N–H and O–H groups in total. The first kappa shape index (κ1) is 13.5. The molecule has 0 saturated carbocycles. The molecule has 1 atom stereocenters. The van der Waals surface area contributed by atoms with Gasteiger partial charge in [0.1, 0.15) is 11.6 Å². The summed E-state index contributed by atoms with van der Waals surface area (Å²) in [6, 6.07) is 3.15. The van der Waals surface area contributed by atoms with E-state index in [1.807, 2.05) is 0 Å². The maximum absolute atomic E-state index is 13.4. The molecule has 1 aromatic carbocycles. The summed E-state index contributed by atoms with van der Waals surface area (Å²) in [7, 11) is 0. The van der Waals surface area contributed by atoms with Crippen LogP contribution in [0.15, 0.2) is 16.6 Å². The Kier molecular flexibility index (Phi) is 4.02. The lowest BCUT2D eigenvalue weighted by molar-refractivity contribution is 0.491. The van der Waals surface area contributed by atoms with Crippen molar-refractivity contribution in [2.75, 3.05) is 6.54 Å². The number of fused-ring (bicyclic) bond motifs is 1. The largest absolute Gasteiger partial charge is 0.342 e. The fourth-order valence-electron chi connectivity index (χ4n) is 2.11. The Morgan fingerprint density at radius 3 is 2.78 bits per heavy atom. The Morgan fingerprint density at radius 2 is 2.17 bits per heavy atom. The highest BCUT2D eigenvalue weighted by molar-refractivity contribution is 9.10. The van der Waals surface area contributed by atoms with E-state index in [2.05, 4.69) is 39.7 Å². The van der Waals surface area contributed by atoms with Crippen LogP contribution in [0, 0.1) is 11.7 Å². The zero-order valence-corrected chi connectivity index (χ0v) is 12.1. The van der Waals surface area contributed by atoms with Crippen LogP contribution in [-0.4, -0.2) is 16.5 Å². The molecule has 1 aromatic heterocycles. The van der Waals surface area contributed by atoms with Crippen LogP contribution in [0.3, 0.4) is 0 Å². The first-order chi connectivity index (χ1) is 8.51. The lowest BCUT2D eigenvalue weighted by Gasteiger charge is -2.14. The molecule has 0 spiro atoms. The van der Waals surface area contributed by atoms with Crippen LogP contribution in [-0.2, 0) is 0 Å². The second-order valence-electron chi connectivity index (χ2n) is 4.97. The van der Waals surface area contributed by atoms with Crippen molar-refractivity contribution in [1.29, 1.82) is 0 Å². The standard InChI is InChI=1S/C13H17BrFN3/c1-7(2)3-8(6-16)13-17-11-4-9(14)10(15)5-12(11)18-13/h4-5,7-8H,3,6,16H2,1-2H3,(H,17,18). The molecule has 0 fully saturated rings. The van der Waals surface area contributed by atoms with Crippen LogP contribution < -0.4 is 5.73 Å². The van der Waals surface area contributed by atoms with Crippen LogP contribution in [0.4, 0.5) is 4.39 Å². The van der Waals surface area contributed by atoms with E-state index in [1.165, 1.54) is 6.07 Å². The summed E-state index contributed by atoms with van der Waals surface area (Å²) in [5.41, 5.74) is 7.27. The van der Waals surface area contributed by atoms with Gasteiger partial charge in [-0.2, -0.15) is 0 Å². The minimum Gasteiger partial charge on any atom is -0.342 e. The number of H-pyrrole nitrogens is 1. The molecule has 18 heavy (non-hydrogen) atoms. The summed E-state index contributed by atoms with van der Waals surface area (Å²) in [6.45, 7) is 4.85. The van der Waals surface area contributed by atoms with Crippen LogP contribution >= 0.6 is 15.9 Å². The molecule has 3 nitrogen and oxygen atoms in total. The third-order valence-corrected chi connectivity index (χ3v) is 3.58. The smallest absolute Gasteiger partial charge is 0.139 e. The van der Waals surface area contributed by atoms with Gasteiger partial charge >= 0.3 is 0 Å². The van der Waals surface area contributed by atoms with Gasteiger partial charge in [-0.05, 0) is 34.3 Å². The average Bonchev–Trinajstić information content (AvgIpc) is 2.69. The first-order valence-corrected chi connectivity index (χ1v) is 6.85. The normalized spacial score (nSPS) is 13.4. The summed E-state index contributed by atoms with van der Waals surface area (Å²) >= 11 is 3.17. The van der Waals surface area contributed by atoms with Gasteiger partial charge in [0.15, 0.2) is 0 Å². The molecule has 5 heteroatoms. The fraction of sp³-hybridized carbons (Fsp3) is 0.462. The molecule has 0 amide bonds. The minimum absolute atomic E-state index is 0.194. The van der Waals surface area contributed by atoms with Gasteiger partial charge in [0.2, 0.25) is 0 Å². The van der Waals surface area contributed by atoms with Crippen LogP contribution in [0.1, 0.15) is 32.0 Å². The van der Waals surface area contributed by atoms with E-state index in [0.717, 1.165) is 17.8 Å². The van der Waals surface area contributed by atoms with E-state index < -0.39 is 0 Å². The van der Waals surface area contributed by atoms with Gasteiger partial charge in [0.25, 0.3) is 0 Å². The molecule has 0 radical (unpaired) electrons. The van der Waals surface area contributed by atoms with Gasteiger partial charge in [-0.15, -0.1) is 0 Å². The van der Waals surface area contributed by atoms with Crippen molar-refractivity contribution in [3.05, 3.63) is 28.2 Å². The first-order valence-electron chi connectivity index (χ1n) is 6.06. The van der Waals surface area contributed by atoms with Gasteiger partial charge in [-0.1, -0.05) is 13.8 Å². The van der Waals surface area contributed by atoms with E-state index in [9.17, 15) is 4.39 Å². The Balaban J connectivity index is 2.39. The predicted octanol–water partition coefficient (Wildman–Crippen LogP) is 3.55. The highest BCUT2D eigenvalue weighted by Gasteiger charge is 2.16. The molecule has 2 rings (SSSR count). The van der Waals surface area contributed by atoms with Crippen molar-refractivity contribution in [2.45, 2.75) is 26.2 Å². The van der Waals surface area contributed by atoms with Crippen molar-refractivity contribution in [3.8, 4) is 0 Å². The Morgan fingerprint density at radius 1 is 1.44 bits per heavy atom.